The lowest BCUT2D eigenvalue weighted by atomic mass is 10.2. The van der Waals surface area contributed by atoms with Crippen molar-refractivity contribution in [1.82, 2.24) is 15.3 Å². The topological polar surface area (TPSA) is 54.9 Å². The summed E-state index contributed by atoms with van der Waals surface area (Å²) >= 11 is 5.78. The van der Waals surface area contributed by atoms with Crippen LogP contribution in [0.5, 0.6) is 0 Å². The SMILES string of the molecule is Cc1ncc(C(=O)NCc2ccc(Cl)cc2)cn1. The van der Waals surface area contributed by atoms with Crippen molar-refractivity contribution in [2.24, 2.45) is 0 Å². The van der Waals surface area contributed by atoms with E-state index in [9.17, 15) is 4.79 Å². The highest BCUT2D eigenvalue weighted by atomic mass is 35.5. The average molecular weight is 262 g/mol. The Bertz CT molecular complexity index is 537. The molecule has 4 nitrogen and oxygen atoms in total. The number of halogens is 1. The van der Waals surface area contributed by atoms with E-state index in [1.165, 1.54) is 12.4 Å². The zero-order valence-corrected chi connectivity index (χ0v) is 10.6. The smallest absolute Gasteiger partial charge is 0.254 e. The molecule has 0 spiro atoms. The Balaban J connectivity index is 1.96. The fourth-order valence-electron chi connectivity index (χ4n) is 1.40. The number of aromatic nitrogens is 2. The van der Waals surface area contributed by atoms with Crippen molar-refractivity contribution in [2.75, 3.05) is 0 Å². The molecule has 0 saturated carbocycles. The molecule has 1 N–H and O–H groups in total. The number of carbonyl (C=O) groups is 1. The summed E-state index contributed by atoms with van der Waals surface area (Å²) in [7, 11) is 0. The highest BCUT2D eigenvalue weighted by Crippen LogP contribution is 2.09. The Hall–Kier alpha value is -1.94. The zero-order chi connectivity index (χ0) is 13.0. The fourth-order valence-corrected chi connectivity index (χ4v) is 1.52. The van der Waals surface area contributed by atoms with Gasteiger partial charge in [0.2, 0.25) is 0 Å². The Morgan fingerprint density at radius 2 is 1.83 bits per heavy atom. The third-order valence-corrected chi connectivity index (χ3v) is 2.66. The van der Waals surface area contributed by atoms with Crippen molar-refractivity contribution in [3.63, 3.8) is 0 Å². The summed E-state index contributed by atoms with van der Waals surface area (Å²) < 4.78 is 0. The first-order valence-corrected chi connectivity index (χ1v) is 5.84. The van der Waals surface area contributed by atoms with E-state index in [4.69, 9.17) is 11.6 Å². The molecule has 0 atom stereocenters. The molecule has 0 fully saturated rings. The molecule has 0 bridgehead atoms. The second-order valence-electron chi connectivity index (χ2n) is 3.83. The number of hydrogen-bond donors (Lipinski definition) is 1. The van der Waals surface area contributed by atoms with Crippen molar-refractivity contribution < 1.29 is 4.79 Å². The minimum Gasteiger partial charge on any atom is -0.348 e. The number of nitrogens with zero attached hydrogens (tertiary/aromatic N) is 2. The molecule has 1 aromatic heterocycles. The molecule has 1 amide bonds. The lowest BCUT2D eigenvalue weighted by molar-refractivity contribution is 0.0950. The molecule has 1 aromatic carbocycles. The first-order valence-electron chi connectivity index (χ1n) is 5.46. The van der Waals surface area contributed by atoms with Crippen LogP contribution in [0, 0.1) is 6.92 Å². The van der Waals surface area contributed by atoms with Gasteiger partial charge in [-0.2, -0.15) is 0 Å². The molecule has 2 aromatic rings. The Morgan fingerprint density at radius 3 is 2.44 bits per heavy atom. The van der Waals surface area contributed by atoms with Crippen molar-refractivity contribution in [2.45, 2.75) is 13.5 Å². The molecule has 1 heterocycles. The van der Waals surface area contributed by atoms with Gasteiger partial charge < -0.3 is 5.32 Å². The minimum atomic E-state index is -0.190. The molecule has 0 aliphatic rings. The Morgan fingerprint density at radius 1 is 1.22 bits per heavy atom. The number of hydrogen-bond acceptors (Lipinski definition) is 3. The second-order valence-corrected chi connectivity index (χ2v) is 4.26. The van der Waals surface area contributed by atoms with Crippen LogP contribution in [0.4, 0.5) is 0 Å². The molecule has 0 radical (unpaired) electrons. The van der Waals surface area contributed by atoms with E-state index >= 15 is 0 Å². The van der Waals surface area contributed by atoms with E-state index in [-0.39, 0.29) is 5.91 Å². The van der Waals surface area contributed by atoms with E-state index in [2.05, 4.69) is 15.3 Å². The predicted octanol–water partition coefficient (Wildman–Crippen LogP) is 2.37. The molecular formula is C13H12ClN3O. The molecular weight excluding hydrogens is 250 g/mol. The maximum atomic E-state index is 11.8. The highest BCUT2D eigenvalue weighted by molar-refractivity contribution is 6.30. The summed E-state index contributed by atoms with van der Waals surface area (Å²) in [6.07, 6.45) is 3.03. The van der Waals surface area contributed by atoms with Crippen molar-refractivity contribution in [1.29, 1.82) is 0 Å². The number of rotatable bonds is 3. The van der Waals surface area contributed by atoms with Gasteiger partial charge in [-0.1, -0.05) is 23.7 Å². The van der Waals surface area contributed by atoms with Gasteiger partial charge >= 0.3 is 0 Å². The lowest BCUT2D eigenvalue weighted by Gasteiger charge is -2.05. The van der Waals surface area contributed by atoms with Gasteiger partial charge in [-0.3, -0.25) is 4.79 Å². The van der Waals surface area contributed by atoms with E-state index in [1.54, 1.807) is 19.1 Å². The van der Waals surface area contributed by atoms with Gasteiger partial charge in [-0.25, -0.2) is 9.97 Å². The number of carbonyl (C=O) groups excluding carboxylic acids is 1. The summed E-state index contributed by atoms with van der Waals surface area (Å²) in [6.45, 7) is 2.22. The average Bonchev–Trinajstić information content (AvgIpc) is 2.38. The second kappa shape index (κ2) is 5.60. The van der Waals surface area contributed by atoms with Crippen molar-refractivity contribution >= 4 is 17.5 Å². The maximum absolute atomic E-state index is 11.8. The molecule has 5 heteroatoms. The van der Waals surface area contributed by atoms with E-state index < -0.39 is 0 Å². The third kappa shape index (κ3) is 3.28. The monoisotopic (exact) mass is 261 g/mol. The highest BCUT2D eigenvalue weighted by Gasteiger charge is 2.05. The van der Waals surface area contributed by atoms with Crippen LogP contribution in [0.1, 0.15) is 21.7 Å². The molecule has 0 unspecified atom stereocenters. The standard InChI is InChI=1S/C13H12ClN3O/c1-9-15-7-11(8-16-9)13(18)17-6-10-2-4-12(14)5-3-10/h2-5,7-8H,6H2,1H3,(H,17,18). The normalized spacial score (nSPS) is 10.1. The molecule has 2 rings (SSSR count). The van der Waals surface area contributed by atoms with Crippen LogP contribution >= 0.6 is 11.6 Å². The maximum Gasteiger partial charge on any atom is 0.254 e. The Kier molecular flexibility index (Phi) is 3.89. The third-order valence-electron chi connectivity index (χ3n) is 2.41. The van der Waals surface area contributed by atoms with Gasteiger partial charge in [0, 0.05) is 24.0 Å². The van der Waals surface area contributed by atoms with E-state index in [0.717, 1.165) is 5.56 Å². The predicted molar refractivity (Wildman–Crippen MR) is 69.4 cm³/mol. The summed E-state index contributed by atoms with van der Waals surface area (Å²) in [4.78, 5) is 19.7. The molecule has 0 saturated heterocycles. The molecule has 92 valence electrons. The first kappa shape index (κ1) is 12.5. The fraction of sp³-hybridized carbons (Fsp3) is 0.154. The van der Waals surface area contributed by atoms with Crippen molar-refractivity contribution in [3.05, 3.63) is 58.6 Å². The van der Waals surface area contributed by atoms with Crippen LogP contribution in [0.3, 0.4) is 0 Å². The quantitative estimate of drug-likeness (QED) is 0.923. The van der Waals surface area contributed by atoms with Crippen LogP contribution in [0.25, 0.3) is 0 Å². The van der Waals surface area contributed by atoms with Gasteiger partial charge in [0.05, 0.1) is 5.56 Å². The summed E-state index contributed by atoms with van der Waals surface area (Å²) in [5.41, 5.74) is 1.44. The van der Waals surface area contributed by atoms with Gasteiger partial charge in [0.1, 0.15) is 5.82 Å². The van der Waals surface area contributed by atoms with Gasteiger partial charge in [-0.05, 0) is 24.6 Å². The number of aryl methyl sites for hydroxylation is 1. The lowest BCUT2D eigenvalue weighted by Crippen LogP contribution is -2.23. The van der Waals surface area contributed by atoms with Gasteiger partial charge in [0.25, 0.3) is 5.91 Å². The van der Waals surface area contributed by atoms with Crippen LogP contribution in [-0.2, 0) is 6.54 Å². The van der Waals surface area contributed by atoms with Crippen molar-refractivity contribution in [3.8, 4) is 0 Å². The molecule has 0 aliphatic carbocycles. The summed E-state index contributed by atoms with van der Waals surface area (Å²) in [5.74, 6) is 0.453. The van der Waals surface area contributed by atoms with Crippen LogP contribution in [0.2, 0.25) is 5.02 Å². The number of nitrogens with one attached hydrogen (secondary N) is 1. The number of benzene rings is 1. The van der Waals surface area contributed by atoms with E-state index in [0.29, 0.717) is 23.0 Å². The summed E-state index contributed by atoms with van der Waals surface area (Å²) in [6, 6.07) is 7.32. The molecule has 18 heavy (non-hydrogen) atoms. The Labute approximate surface area is 110 Å². The first-order chi connectivity index (χ1) is 8.65. The molecule has 0 aliphatic heterocycles. The minimum absolute atomic E-state index is 0.190. The van der Waals surface area contributed by atoms with E-state index in [1.807, 2.05) is 12.1 Å². The van der Waals surface area contributed by atoms with Crippen LogP contribution in [-0.4, -0.2) is 15.9 Å². The zero-order valence-electron chi connectivity index (χ0n) is 9.85. The van der Waals surface area contributed by atoms with Gasteiger partial charge in [0.15, 0.2) is 0 Å². The largest absolute Gasteiger partial charge is 0.348 e. The number of amides is 1. The van der Waals surface area contributed by atoms with Crippen LogP contribution in [0.15, 0.2) is 36.7 Å². The van der Waals surface area contributed by atoms with Crippen LogP contribution < -0.4 is 5.32 Å². The summed E-state index contributed by atoms with van der Waals surface area (Å²) in [5, 5.41) is 3.47. The van der Waals surface area contributed by atoms with Gasteiger partial charge in [-0.15, -0.1) is 0 Å².